The number of thiophene rings is 1. The molecule has 2 unspecified atom stereocenters. The SMILES string of the molecule is CC1CC1c1ccc(CN(C)C(=O)c2csc(I)c2)o1. The second kappa shape index (κ2) is 5.52. The fraction of sp³-hybridized carbons (Fsp3) is 0.400. The predicted octanol–water partition coefficient (Wildman–Crippen LogP) is 4.34. The smallest absolute Gasteiger partial charge is 0.254 e. The van der Waals surface area contributed by atoms with Crippen molar-refractivity contribution in [3.05, 3.63) is 43.5 Å². The number of amides is 1. The number of furan rings is 1. The Morgan fingerprint density at radius 1 is 1.55 bits per heavy atom. The van der Waals surface area contributed by atoms with Crippen molar-refractivity contribution < 1.29 is 9.21 Å². The Morgan fingerprint density at radius 3 is 2.90 bits per heavy atom. The molecule has 2 aromatic heterocycles. The third-order valence-electron chi connectivity index (χ3n) is 3.71. The summed E-state index contributed by atoms with van der Waals surface area (Å²) < 4.78 is 6.97. The molecule has 1 fully saturated rings. The van der Waals surface area contributed by atoms with Gasteiger partial charge in [-0.1, -0.05) is 6.92 Å². The van der Waals surface area contributed by atoms with Crippen molar-refractivity contribution in [3.63, 3.8) is 0 Å². The Labute approximate surface area is 136 Å². The highest BCUT2D eigenvalue weighted by atomic mass is 127. The molecule has 2 heterocycles. The number of carbonyl (C=O) groups excluding carboxylic acids is 1. The zero-order valence-corrected chi connectivity index (χ0v) is 14.4. The average Bonchev–Trinajstić information content (AvgIpc) is 2.80. The maximum absolute atomic E-state index is 12.3. The molecule has 2 atom stereocenters. The highest BCUT2D eigenvalue weighted by Gasteiger charge is 2.36. The van der Waals surface area contributed by atoms with Crippen molar-refractivity contribution in [1.29, 1.82) is 0 Å². The van der Waals surface area contributed by atoms with E-state index < -0.39 is 0 Å². The van der Waals surface area contributed by atoms with E-state index in [4.69, 9.17) is 4.42 Å². The van der Waals surface area contributed by atoms with Gasteiger partial charge >= 0.3 is 0 Å². The maximum Gasteiger partial charge on any atom is 0.254 e. The number of rotatable bonds is 4. The molecule has 1 saturated carbocycles. The summed E-state index contributed by atoms with van der Waals surface area (Å²) in [6.45, 7) is 2.76. The summed E-state index contributed by atoms with van der Waals surface area (Å²) >= 11 is 3.82. The van der Waals surface area contributed by atoms with Gasteiger partial charge in [-0.2, -0.15) is 0 Å². The highest BCUT2D eigenvalue weighted by molar-refractivity contribution is 14.1. The first kappa shape index (κ1) is 14.1. The molecule has 0 spiro atoms. The van der Waals surface area contributed by atoms with E-state index in [1.165, 1.54) is 6.42 Å². The molecule has 1 aliphatic rings. The summed E-state index contributed by atoms with van der Waals surface area (Å²) in [6.07, 6.45) is 1.22. The van der Waals surface area contributed by atoms with E-state index in [0.717, 1.165) is 25.9 Å². The predicted molar refractivity (Wildman–Crippen MR) is 88.1 cm³/mol. The molecule has 0 N–H and O–H groups in total. The Hall–Kier alpha value is -0.820. The first-order valence-electron chi connectivity index (χ1n) is 6.62. The lowest BCUT2D eigenvalue weighted by Gasteiger charge is -2.14. The van der Waals surface area contributed by atoms with E-state index in [-0.39, 0.29) is 5.91 Å². The summed E-state index contributed by atoms with van der Waals surface area (Å²) in [4.78, 5) is 14.0. The molecule has 0 aromatic carbocycles. The Bertz CT molecular complexity index is 633. The largest absolute Gasteiger partial charge is 0.464 e. The monoisotopic (exact) mass is 401 g/mol. The van der Waals surface area contributed by atoms with Crippen LogP contribution in [0.4, 0.5) is 0 Å². The van der Waals surface area contributed by atoms with Crippen LogP contribution in [0, 0.1) is 8.80 Å². The van der Waals surface area contributed by atoms with Crippen LogP contribution in [0.2, 0.25) is 0 Å². The van der Waals surface area contributed by atoms with Gasteiger partial charge in [0.05, 0.1) is 15.0 Å². The van der Waals surface area contributed by atoms with Crippen LogP contribution in [0.1, 0.15) is 41.1 Å². The van der Waals surface area contributed by atoms with E-state index in [2.05, 4.69) is 35.6 Å². The van der Waals surface area contributed by atoms with E-state index >= 15 is 0 Å². The van der Waals surface area contributed by atoms with Gasteiger partial charge in [0.15, 0.2) is 0 Å². The molecule has 0 bridgehead atoms. The number of hydrogen-bond donors (Lipinski definition) is 0. The number of nitrogens with zero attached hydrogens (tertiary/aromatic N) is 1. The summed E-state index contributed by atoms with van der Waals surface area (Å²) in [5.41, 5.74) is 0.754. The number of hydrogen-bond acceptors (Lipinski definition) is 3. The molecule has 0 aliphatic heterocycles. The molecule has 5 heteroatoms. The standard InChI is InChI=1S/C15H16INO2S/c1-9-5-12(9)13-4-3-11(19-13)7-17(2)15(18)10-6-14(16)20-8-10/h3-4,6,8-9,12H,5,7H2,1-2H3. The molecular formula is C15H16INO2S. The number of carbonyl (C=O) groups is 1. The molecule has 3 rings (SSSR count). The third kappa shape index (κ3) is 2.93. The summed E-state index contributed by atoms with van der Waals surface area (Å²) in [5, 5.41) is 1.90. The minimum Gasteiger partial charge on any atom is -0.464 e. The minimum absolute atomic E-state index is 0.0434. The van der Waals surface area contributed by atoms with Gasteiger partial charge in [0, 0.05) is 18.3 Å². The van der Waals surface area contributed by atoms with Crippen LogP contribution < -0.4 is 0 Å². The summed E-state index contributed by atoms with van der Waals surface area (Å²) in [5.74, 6) is 3.30. The van der Waals surface area contributed by atoms with Crippen molar-refractivity contribution in [2.45, 2.75) is 25.8 Å². The first-order chi connectivity index (χ1) is 9.54. The van der Waals surface area contributed by atoms with Gasteiger partial charge in [-0.25, -0.2) is 0 Å². The van der Waals surface area contributed by atoms with Gasteiger partial charge in [-0.05, 0) is 53.1 Å². The van der Waals surface area contributed by atoms with Crippen LogP contribution in [-0.4, -0.2) is 17.9 Å². The van der Waals surface area contributed by atoms with Gasteiger partial charge in [-0.3, -0.25) is 4.79 Å². The molecule has 2 aromatic rings. The Balaban J connectivity index is 1.65. The molecule has 0 saturated heterocycles. The fourth-order valence-electron chi connectivity index (χ4n) is 2.35. The van der Waals surface area contributed by atoms with Crippen molar-refractivity contribution in [1.82, 2.24) is 4.90 Å². The Kier molecular flexibility index (Phi) is 3.90. The van der Waals surface area contributed by atoms with Crippen LogP contribution >= 0.6 is 33.9 Å². The molecular weight excluding hydrogens is 385 g/mol. The van der Waals surface area contributed by atoms with Crippen molar-refractivity contribution in [2.24, 2.45) is 5.92 Å². The highest BCUT2D eigenvalue weighted by Crippen LogP contribution is 2.47. The van der Waals surface area contributed by atoms with Crippen molar-refractivity contribution >= 4 is 39.8 Å². The molecule has 3 nitrogen and oxygen atoms in total. The van der Waals surface area contributed by atoms with E-state index in [0.29, 0.717) is 12.5 Å². The molecule has 1 aliphatic carbocycles. The molecule has 106 valence electrons. The molecule has 20 heavy (non-hydrogen) atoms. The fourth-order valence-corrected chi connectivity index (χ4v) is 3.67. The normalized spacial score (nSPS) is 20.9. The maximum atomic E-state index is 12.3. The molecule has 1 amide bonds. The minimum atomic E-state index is 0.0434. The van der Waals surface area contributed by atoms with E-state index in [1.54, 1.807) is 16.2 Å². The molecule has 0 radical (unpaired) electrons. The quantitative estimate of drug-likeness (QED) is 0.715. The van der Waals surface area contributed by atoms with Crippen molar-refractivity contribution in [2.75, 3.05) is 7.05 Å². The topological polar surface area (TPSA) is 33.5 Å². The number of halogens is 1. The lowest BCUT2D eigenvalue weighted by atomic mass is 10.2. The second-order valence-corrected chi connectivity index (χ2v) is 8.23. The van der Waals surface area contributed by atoms with Crippen LogP contribution in [0.3, 0.4) is 0 Å². The van der Waals surface area contributed by atoms with Crippen LogP contribution in [0.15, 0.2) is 28.0 Å². The van der Waals surface area contributed by atoms with Gasteiger partial charge in [0.25, 0.3) is 5.91 Å². The summed E-state index contributed by atoms with van der Waals surface area (Å²) in [6, 6.07) is 5.96. The van der Waals surface area contributed by atoms with Crippen LogP contribution in [0.25, 0.3) is 0 Å². The lowest BCUT2D eigenvalue weighted by molar-refractivity contribution is 0.0775. The zero-order chi connectivity index (χ0) is 14.3. The van der Waals surface area contributed by atoms with E-state index in [1.807, 2.05) is 24.6 Å². The first-order valence-corrected chi connectivity index (χ1v) is 8.58. The Morgan fingerprint density at radius 2 is 2.30 bits per heavy atom. The van der Waals surface area contributed by atoms with Gasteiger partial charge in [0.2, 0.25) is 0 Å². The van der Waals surface area contributed by atoms with Gasteiger partial charge in [0.1, 0.15) is 11.5 Å². The second-order valence-electron chi connectivity index (χ2n) is 5.42. The van der Waals surface area contributed by atoms with Crippen LogP contribution in [0.5, 0.6) is 0 Å². The lowest BCUT2D eigenvalue weighted by Crippen LogP contribution is -2.25. The van der Waals surface area contributed by atoms with E-state index in [9.17, 15) is 4.79 Å². The summed E-state index contributed by atoms with van der Waals surface area (Å²) in [7, 11) is 1.81. The van der Waals surface area contributed by atoms with Crippen LogP contribution in [-0.2, 0) is 6.54 Å². The van der Waals surface area contributed by atoms with Gasteiger partial charge < -0.3 is 9.32 Å². The zero-order valence-electron chi connectivity index (χ0n) is 11.4. The average molecular weight is 401 g/mol. The van der Waals surface area contributed by atoms with Gasteiger partial charge in [-0.15, -0.1) is 11.3 Å². The van der Waals surface area contributed by atoms with Crippen molar-refractivity contribution in [3.8, 4) is 0 Å². The third-order valence-corrected chi connectivity index (χ3v) is 5.50.